The summed E-state index contributed by atoms with van der Waals surface area (Å²) in [5, 5.41) is 0. The minimum Gasteiger partial charge on any atom is -0.270 e. The van der Waals surface area contributed by atoms with Crippen LogP contribution < -0.4 is 0 Å². The van der Waals surface area contributed by atoms with E-state index >= 15 is 0 Å². The van der Waals surface area contributed by atoms with Gasteiger partial charge in [0.05, 0.1) is 11.0 Å². The van der Waals surface area contributed by atoms with Gasteiger partial charge in [-0.15, -0.1) is 0 Å². The Hall–Kier alpha value is -0.800. The van der Waals surface area contributed by atoms with E-state index in [0.717, 1.165) is 4.57 Å². The number of halogens is 3. The summed E-state index contributed by atoms with van der Waals surface area (Å²) in [6.07, 6.45) is -0.670. The molecule has 0 radical (unpaired) electrons. The number of aromatic nitrogens is 2. The van der Waals surface area contributed by atoms with Gasteiger partial charge in [0.15, 0.2) is 4.96 Å². The molecular formula is C8H5Cl2FN2. The largest absolute Gasteiger partial charge is 0.292 e. The maximum atomic E-state index is 13.1. The third kappa shape index (κ3) is 1.38. The second kappa shape index (κ2) is 3.16. The lowest BCUT2D eigenvalue weighted by atomic mass is 10.3. The number of para-hydroxylation sites is 2. The average molecular weight is 219 g/mol. The van der Waals surface area contributed by atoms with Gasteiger partial charge in [-0.05, 0) is 12.1 Å². The van der Waals surface area contributed by atoms with Crippen LogP contribution in [0.25, 0.3) is 11.0 Å². The van der Waals surface area contributed by atoms with Crippen molar-refractivity contribution in [3.63, 3.8) is 0 Å². The van der Waals surface area contributed by atoms with Crippen LogP contribution in [-0.2, 0) is 0 Å². The Labute approximate surface area is 83.9 Å². The van der Waals surface area contributed by atoms with E-state index in [2.05, 4.69) is 4.98 Å². The molecule has 0 saturated carbocycles. The Morgan fingerprint density at radius 2 is 2.00 bits per heavy atom. The summed E-state index contributed by atoms with van der Waals surface area (Å²) >= 11 is 11.2. The SMILES string of the molecule is Fc1nc2ccccc2n1C(Cl)Cl. The van der Waals surface area contributed by atoms with E-state index in [0.29, 0.717) is 11.0 Å². The molecule has 0 fully saturated rings. The number of fused-ring (bicyclic) bond motifs is 1. The Morgan fingerprint density at radius 3 is 2.69 bits per heavy atom. The third-order valence-corrected chi connectivity index (χ3v) is 2.14. The highest BCUT2D eigenvalue weighted by Crippen LogP contribution is 2.25. The Kier molecular flexibility index (Phi) is 2.14. The van der Waals surface area contributed by atoms with Crippen molar-refractivity contribution >= 4 is 34.2 Å². The summed E-state index contributed by atoms with van der Waals surface area (Å²) in [7, 11) is 0. The Balaban J connectivity index is 2.78. The topological polar surface area (TPSA) is 17.8 Å². The number of hydrogen-bond acceptors (Lipinski definition) is 1. The van der Waals surface area contributed by atoms with Crippen molar-refractivity contribution in [1.82, 2.24) is 9.55 Å². The standard InChI is InChI=1S/C8H5Cl2FN2/c9-7(10)13-6-4-2-1-3-5(6)12-8(13)11/h1-4,7H. The summed E-state index contributed by atoms with van der Waals surface area (Å²) < 4.78 is 14.3. The van der Waals surface area contributed by atoms with Gasteiger partial charge in [-0.25, -0.2) is 4.98 Å². The van der Waals surface area contributed by atoms with Gasteiger partial charge in [0.25, 0.3) is 6.08 Å². The van der Waals surface area contributed by atoms with Crippen LogP contribution in [0.3, 0.4) is 0 Å². The molecule has 1 aromatic heterocycles. The van der Waals surface area contributed by atoms with Gasteiger partial charge in [0.1, 0.15) is 0 Å². The molecule has 2 nitrogen and oxygen atoms in total. The maximum Gasteiger partial charge on any atom is 0.292 e. The quantitative estimate of drug-likeness (QED) is 0.673. The normalized spacial score (nSPS) is 11.4. The molecule has 0 bridgehead atoms. The fourth-order valence-corrected chi connectivity index (χ4v) is 1.57. The molecule has 0 unspecified atom stereocenters. The summed E-state index contributed by atoms with van der Waals surface area (Å²) in [5.41, 5.74) is 1.14. The number of imidazole rings is 1. The number of rotatable bonds is 1. The molecule has 1 heterocycles. The van der Waals surface area contributed by atoms with Gasteiger partial charge < -0.3 is 0 Å². The van der Waals surface area contributed by atoms with Gasteiger partial charge in [0, 0.05) is 0 Å². The van der Waals surface area contributed by atoms with Crippen LogP contribution in [0, 0.1) is 6.08 Å². The second-order valence-electron chi connectivity index (χ2n) is 2.52. The molecule has 0 aliphatic rings. The lowest BCUT2D eigenvalue weighted by Gasteiger charge is -2.03. The second-order valence-corrected chi connectivity index (χ2v) is 3.57. The number of hydrogen-bond donors (Lipinski definition) is 0. The van der Waals surface area contributed by atoms with E-state index in [9.17, 15) is 4.39 Å². The Bertz CT molecular complexity index is 439. The molecule has 13 heavy (non-hydrogen) atoms. The van der Waals surface area contributed by atoms with E-state index in [4.69, 9.17) is 23.2 Å². The number of benzene rings is 1. The first-order chi connectivity index (χ1) is 6.20. The van der Waals surface area contributed by atoms with Crippen LogP contribution >= 0.6 is 23.2 Å². The zero-order valence-corrected chi connectivity index (χ0v) is 7.93. The van der Waals surface area contributed by atoms with Crippen LogP contribution in [0.1, 0.15) is 4.96 Å². The first-order valence-electron chi connectivity index (χ1n) is 3.61. The van der Waals surface area contributed by atoms with Crippen molar-refractivity contribution < 1.29 is 4.39 Å². The van der Waals surface area contributed by atoms with E-state index < -0.39 is 11.0 Å². The summed E-state index contributed by atoms with van der Waals surface area (Å²) in [6, 6.07) is 6.96. The lowest BCUT2D eigenvalue weighted by Crippen LogP contribution is -1.99. The molecule has 2 rings (SSSR count). The van der Waals surface area contributed by atoms with Crippen LogP contribution in [0.4, 0.5) is 4.39 Å². The molecule has 0 aliphatic heterocycles. The molecule has 68 valence electrons. The van der Waals surface area contributed by atoms with Crippen LogP contribution in [0.5, 0.6) is 0 Å². The summed E-state index contributed by atoms with van der Waals surface area (Å²) in [6.45, 7) is 0. The molecule has 0 aliphatic carbocycles. The molecule has 0 amide bonds. The molecular weight excluding hydrogens is 214 g/mol. The zero-order chi connectivity index (χ0) is 9.42. The van der Waals surface area contributed by atoms with Crippen LogP contribution in [0.2, 0.25) is 0 Å². The van der Waals surface area contributed by atoms with Crippen molar-refractivity contribution in [2.45, 2.75) is 4.96 Å². The van der Waals surface area contributed by atoms with Gasteiger partial charge in [-0.3, -0.25) is 4.57 Å². The maximum absolute atomic E-state index is 13.1. The highest BCUT2D eigenvalue weighted by Gasteiger charge is 2.13. The predicted octanol–water partition coefficient (Wildman–Crippen LogP) is 3.11. The summed E-state index contributed by atoms with van der Waals surface area (Å²) in [4.78, 5) is 2.71. The molecule has 0 saturated heterocycles. The van der Waals surface area contributed by atoms with Crippen molar-refractivity contribution in [2.75, 3.05) is 0 Å². The predicted molar refractivity (Wildman–Crippen MR) is 50.4 cm³/mol. The molecule has 0 N–H and O–H groups in total. The first kappa shape index (κ1) is 8.78. The monoisotopic (exact) mass is 218 g/mol. The highest BCUT2D eigenvalue weighted by atomic mass is 35.5. The molecule has 0 atom stereocenters. The van der Waals surface area contributed by atoms with Crippen molar-refractivity contribution in [3.8, 4) is 0 Å². The average Bonchev–Trinajstić information content (AvgIpc) is 2.39. The Morgan fingerprint density at radius 1 is 1.31 bits per heavy atom. The molecule has 0 spiro atoms. The third-order valence-electron chi connectivity index (χ3n) is 1.75. The van der Waals surface area contributed by atoms with Gasteiger partial charge in [0.2, 0.25) is 0 Å². The smallest absolute Gasteiger partial charge is 0.270 e. The highest BCUT2D eigenvalue weighted by molar-refractivity contribution is 6.42. The van der Waals surface area contributed by atoms with E-state index in [-0.39, 0.29) is 0 Å². The molecule has 5 heteroatoms. The number of nitrogens with zero attached hydrogens (tertiary/aromatic N) is 2. The minimum absolute atomic E-state index is 0.548. The lowest BCUT2D eigenvalue weighted by molar-refractivity contribution is 0.498. The van der Waals surface area contributed by atoms with E-state index in [1.54, 1.807) is 24.3 Å². The molecule has 2 aromatic rings. The fourth-order valence-electron chi connectivity index (χ4n) is 1.20. The van der Waals surface area contributed by atoms with E-state index in [1.807, 2.05) is 0 Å². The summed E-state index contributed by atoms with van der Waals surface area (Å²) in [5.74, 6) is 0. The fraction of sp³-hybridized carbons (Fsp3) is 0.125. The zero-order valence-electron chi connectivity index (χ0n) is 6.42. The minimum atomic E-state index is -0.951. The van der Waals surface area contributed by atoms with E-state index in [1.165, 1.54) is 0 Å². The van der Waals surface area contributed by atoms with Gasteiger partial charge in [-0.1, -0.05) is 35.3 Å². The number of alkyl halides is 2. The van der Waals surface area contributed by atoms with Crippen molar-refractivity contribution in [3.05, 3.63) is 30.3 Å². The van der Waals surface area contributed by atoms with Crippen LogP contribution in [0.15, 0.2) is 24.3 Å². The molecule has 1 aromatic carbocycles. The first-order valence-corrected chi connectivity index (χ1v) is 4.48. The van der Waals surface area contributed by atoms with Gasteiger partial charge in [-0.2, -0.15) is 4.39 Å². The van der Waals surface area contributed by atoms with Crippen molar-refractivity contribution in [2.24, 2.45) is 0 Å². The van der Waals surface area contributed by atoms with Crippen LogP contribution in [-0.4, -0.2) is 9.55 Å². The van der Waals surface area contributed by atoms with Gasteiger partial charge >= 0.3 is 0 Å². The van der Waals surface area contributed by atoms with Crippen molar-refractivity contribution in [1.29, 1.82) is 0 Å².